The maximum atomic E-state index is 16.0. The largest absolute Gasteiger partial charge is 0.459 e. The number of benzene rings is 2. The number of esters is 2. The Balaban J connectivity index is 1.34. The van der Waals surface area contributed by atoms with E-state index in [0.29, 0.717) is 44.6 Å². The molecule has 63 heavy (non-hydrogen) atoms. The van der Waals surface area contributed by atoms with Gasteiger partial charge in [-0.15, -0.1) is 0 Å². The summed E-state index contributed by atoms with van der Waals surface area (Å²) >= 11 is 0. The first-order chi connectivity index (χ1) is 29.7. The van der Waals surface area contributed by atoms with Crippen molar-refractivity contribution >= 4 is 17.6 Å². The van der Waals surface area contributed by atoms with Crippen LogP contribution >= 0.6 is 0 Å². The maximum absolute atomic E-state index is 16.0. The number of halogens is 1. The molecule has 0 radical (unpaired) electrons. The third kappa shape index (κ3) is 10.9. The highest BCUT2D eigenvalue weighted by atomic mass is 19.1. The zero-order valence-corrected chi connectivity index (χ0v) is 39.3. The molecule has 352 valence electrons. The van der Waals surface area contributed by atoms with Crippen molar-refractivity contribution in [1.82, 2.24) is 10.2 Å². The lowest BCUT2D eigenvalue weighted by molar-refractivity contribution is -0.313. The SMILES string of the molecule is CC[C@H]1OC(=O)[C@H](C)[C@H]2OC3(CCN(c4ccc(C(=O)OCc5ccccc5)cc4F)CC3)O[C@](C)(C[C@@H](C)CN[C@H](C)[C@@H](O)[C@]1(C)O)[C@H](O[C@H]1[C@H](C)O[C@H](C)C[C@@H]1N(C)C)[C@H]2C. The molecule has 4 saturated heterocycles. The van der Waals surface area contributed by atoms with Gasteiger partial charge in [0.1, 0.15) is 30.2 Å². The summed E-state index contributed by atoms with van der Waals surface area (Å²) in [5, 5.41) is 26.7. The molecule has 6 rings (SSSR count). The molecule has 4 aliphatic rings. The number of anilines is 1. The normalized spacial score (nSPS) is 38.1. The summed E-state index contributed by atoms with van der Waals surface area (Å²) < 4.78 is 56.1. The Morgan fingerprint density at radius 3 is 2.35 bits per heavy atom. The van der Waals surface area contributed by atoms with Crippen molar-refractivity contribution in [3.05, 3.63) is 65.5 Å². The first-order valence-corrected chi connectivity index (χ1v) is 23.1. The number of fused-ring (bicyclic) bond motifs is 3. The lowest BCUT2D eigenvalue weighted by Crippen LogP contribution is -2.60. The number of carbonyl (C=O) groups is 2. The summed E-state index contributed by atoms with van der Waals surface area (Å²) in [4.78, 5) is 31.5. The van der Waals surface area contributed by atoms with Crippen molar-refractivity contribution in [3.63, 3.8) is 0 Å². The van der Waals surface area contributed by atoms with Crippen LogP contribution in [0.3, 0.4) is 0 Å². The van der Waals surface area contributed by atoms with Crippen LogP contribution in [0, 0.1) is 23.6 Å². The van der Waals surface area contributed by atoms with Gasteiger partial charge in [0.15, 0.2) is 5.79 Å². The van der Waals surface area contributed by atoms with Crippen LogP contribution in [0.15, 0.2) is 48.5 Å². The highest BCUT2D eigenvalue weighted by Gasteiger charge is 2.58. The van der Waals surface area contributed by atoms with E-state index in [1.807, 2.05) is 56.0 Å². The highest BCUT2D eigenvalue weighted by Crippen LogP contribution is 2.48. The molecular formula is C49H74FN3O10. The second-order valence-electron chi connectivity index (χ2n) is 19.7. The topological polar surface area (TPSA) is 148 Å². The number of nitrogens with zero attached hydrogens (tertiary/aromatic N) is 2. The van der Waals surface area contributed by atoms with E-state index in [4.69, 9.17) is 28.4 Å². The molecule has 14 atom stereocenters. The summed E-state index contributed by atoms with van der Waals surface area (Å²) in [6.45, 7) is 18.6. The lowest BCUT2D eigenvalue weighted by atomic mass is 9.77. The molecule has 2 bridgehead atoms. The fraction of sp³-hybridized carbons (Fsp3) is 0.714. The van der Waals surface area contributed by atoms with E-state index < -0.39 is 77.0 Å². The molecule has 4 heterocycles. The molecule has 3 N–H and O–H groups in total. The van der Waals surface area contributed by atoms with Crippen molar-refractivity contribution in [1.29, 1.82) is 0 Å². The van der Waals surface area contributed by atoms with Crippen molar-refractivity contribution in [2.45, 2.75) is 173 Å². The number of aliphatic hydroxyl groups is 2. The molecule has 14 heteroatoms. The second kappa shape index (κ2) is 20.1. The quantitative estimate of drug-likeness (QED) is 0.257. The van der Waals surface area contributed by atoms with Crippen LogP contribution in [0.1, 0.15) is 110 Å². The average molecular weight is 884 g/mol. The summed E-state index contributed by atoms with van der Waals surface area (Å²) in [5.74, 6) is -4.19. The zero-order valence-electron chi connectivity index (χ0n) is 39.3. The number of rotatable bonds is 8. The number of likely N-dealkylation sites (N-methyl/N-ethyl adjacent to an activating group) is 1. The molecular weight excluding hydrogens is 810 g/mol. The number of cyclic esters (lactones) is 1. The average Bonchev–Trinajstić information content (AvgIpc) is 3.32. The fourth-order valence-electron chi connectivity index (χ4n) is 10.7. The second-order valence-corrected chi connectivity index (χ2v) is 19.7. The minimum atomic E-state index is -1.75. The van der Waals surface area contributed by atoms with Crippen LogP contribution in [0.2, 0.25) is 0 Å². The molecule has 0 aromatic heterocycles. The Hall–Kier alpha value is -3.21. The Morgan fingerprint density at radius 2 is 1.71 bits per heavy atom. The number of piperidine rings is 1. The summed E-state index contributed by atoms with van der Waals surface area (Å²) in [7, 11) is 4.12. The molecule has 0 unspecified atom stereocenters. The Bertz CT molecular complexity index is 1840. The first kappa shape index (κ1) is 49.2. The summed E-state index contributed by atoms with van der Waals surface area (Å²) in [6, 6.07) is 13.3. The number of nitrogens with one attached hydrogen (secondary N) is 1. The van der Waals surface area contributed by atoms with Crippen LogP contribution in [0.5, 0.6) is 0 Å². The van der Waals surface area contributed by atoms with Gasteiger partial charge in [0.05, 0.1) is 53.3 Å². The van der Waals surface area contributed by atoms with Gasteiger partial charge in [-0.05, 0) is 111 Å². The number of carbonyl (C=O) groups excluding carboxylic acids is 2. The monoisotopic (exact) mass is 884 g/mol. The Labute approximate surface area is 374 Å². The molecule has 0 saturated carbocycles. The number of ether oxygens (including phenoxy) is 6. The maximum Gasteiger partial charge on any atom is 0.338 e. The van der Waals surface area contributed by atoms with Crippen LogP contribution < -0.4 is 10.2 Å². The van der Waals surface area contributed by atoms with Crippen LogP contribution in [-0.2, 0) is 39.8 Å². The van der Waals surface area contributed by atoms with Gasteiger partial charge in [-0.2, -0.15) is 0 Å². The van der Waals surface area contributed by atoms with Gasteiger partial charge >= 0.3 is 11.9 Å². The summed E-state index contributed by atoms with van der Waals surface area (Å²) in [5.41, 5.74) is -1.42. The minimum Gasteiger partial charge on any atom is -0.459 e. The van der Waals surface area contributed by atoms with E-state index in [-0.39, 0.29) is 48.9 Å². The predicted octanol–water partition coefficient (Wildman–Crippen LogP) is 6.26. The van der Waals surface area contributed by atoms with E-state index in [0.717, 1.165) is 12.0 Å². The Morgan fingerprint density at radius 1 is 1.03 bits per heavy atom. The smallest absolute Gasteiger partial charge is 0.338 e. The molecule has 13 nitrogen and oxygen atoms in total. The minimum absolute atomic E-state index is 0.0133. The van der Waals surface area contributed by atoms with Gasteiger partial charge in [0.25, 0.3) is 0 Å². The van der Waals surface area contributed by atoms with Gasteiger partial charge < -0.3 is 53.8 Å². The van der Waals surface area contributed by atoms with Crippen LogP contribution in [0.25, 0.3) is 0 Å². The van der Waals surface area contributed by atoms with E-state index in [2.05, 4.69) is 52.0 Å². The fourth-order valence-corrected chi connectivity index (χ4v) is 10.7. The predicted molar refractivity (Wildman–Crippen MR) is 238 cm³/mol. The van der Waals surface area contributed by atoms with Gasteiger partial charge in [-0.1, -0.05) is 51.1 Å². The number of hydrogen-bond acceptors (Lipinski definition) is 13. The van der Waals surface area contributed by atoms with Crippen molar-refractivity contribution < 1.29 is 52.6 Å². The van der Waals surface area contributed by atoms with Crippen LogP contribution in [0.4, 0.5) is 10.1 Å². The third-order valence-corrected chi connectivity index (χ3v) is 14.2. The third-order valence-electron chi connectivity index (χ3n) is 14.2. The first-order valence-electron chi connectivity index (χ1n) is 23.1. The van der Waals surface area contributed by atoms with Gasteiger partial charge in [-0.25, -0.2) is 9.18 Å². The van der Waals surface area contributed by atoms with Crippen molar-refractivity contribution in [2.24, 2.45) is 17.8 Å². The van der Waals surface area contributed by atoms with Crippen molar-refractivity contribution in [3.8, 4) is 0 Å². The van der Waals surface area contributed by atoms with Gasteiger partial charge in [-0.3, -0.25) is 4.79 Å². The van der Waals surface area contributed by atoms with Crippen molar-refractivity contribution in [2.75, 3.05) is 38.6 Å². The molecule has 2 aromatic rings. The van der Waals surface area contributed by atoms with E-state index in [1.54, 1.807) is 19.1 Å². The van der Waals surface area contributed by atoms with E-state index >= 15 is 4.39 Å². The number of hydrogen-bond donors (Lipinski definition) is 3. The standard InChI is InChI=1S/C49H74FN3O10/c1-12-40-48(9,57)43(54)33(6)51-27-29(2)26-47(8)44(61-42-34(7)59-30(3)24-39(42)52(10)11)31(4)41(32(5)45(55)60-40)62-49(63-47)20-22-53(23-21-49)38-19-18-36(25-37(38)50)46(56)58-28-35-16-14-13-15-17-35/h13-19,25,29-34,39-44,51,54,57H,12,20-24,26-28H2,1-11H3/t29-,30-,31+,32-,33-,34+,39+,40-,41+,42+,43-,44-,47-,48-/m1/s1. The summed E-state index contributed by atoms with van der Waals surface area (Å²) in [6.07, 6.45) is -1.89. The molecule has 0 aliphatic carbocycles. The van der Waals surface area contributed by atoms with E-state index in [1.165, 1.54) is 13.0 Å². The molecule has 0 amide bonds. The van der Waals surface area contributed by atoms with E-state index in [9.17, 15) is 19.8 Å². The van der Waals surface area contributed by atoms with Gasteiger partial charge in [0.2, 0.25) is 0 Å². The molecule has 4 aliphatic heterocycles. The number of aliphatic hydroxyl groups excluding tert-OH is 1. The molecule has 2 aromatic carbocycles. The highest BCUT2D eigenvalue weighted by molar-refractivity contribution is 5.90. The zero-order chi connectivity index (χ0) is 46.0. The lowest BCUT2D eigenvalue weighted by Gasteiger charge is -2.50. The van der Waals surface area contributed by atoms with Crippen LogP contribution in [-0.4, -0.2) is 133 Å². The Kier molecular flexibility index (Phi) is 15.7. The van der Waals surface area contributed by atoms with Gasteiger partial charge in [0, 0.05) is 43.9 Å². The molecule has 4 fully saturated rings. The molecule has 1 spiro atoms.